The highest BCUT2D eigenvalue weighted by molar-refractivity contribution is 8.00. The lowest BCUT2D eigenvalue weighted by molar-refractivity contribution is -0.130. The van der Waals surface area contributed by atoms with Gasteiger partial charge in [-0.1, -0.05) is 30.3 Å². The Balaban J connectivity index is 1.27. The van der Waals surface area contributed by atoms with Crippen molar-refractivity contribution in [2.45, 2.75) is 11.4 Å². The van der Waals surface area contributed by atoms with Crippen LogP contribution in [0, 0.1) is 0 Å². The summed E-state index contributed by atoms with van der Waals surface area (Å²) in [6.07, 6.45) is 0. The fourth-order valence-corrected chi connectivity index (χ4v) is 4.80. The van der Waals surface area contributed by atoms with Gasteiger partial charge in [0.1, 0.15) is 0 Å². The minimum Gasteiger partial charge on any atom is -0.339 e. The van der Waals surface area contributed by atoms with E-state index in [4.69, 9.17) is 0 Å². The molecule has 0 atom stereocenters. The Kier molecular flexibility index (Phi) is 5.58. The first-order chi connectivity index (χ1) is 12.8. The van der Waals surface area contributed by atoms with Crippen LogP contribution in [0.4, 0.5) is 0 Å². The molecular weight excluding hydrogens is 360 g/mol. The normalized spacial score (nSPS) is 15.5. The van der Waals surface area contributed by atoms with Crippen molar-refractivity contribution in [3.05, 3.63) is 64.9 Å². The Labute approximate surface area is 162 Å². The molecule has 1 amide bonds. The topological polar surface area (TPSA) is 23.6 Å². The van der Waals surface area contributed by atoms with Gasteiger partial charge in [-0.3, -0.25) is 9.69 Å². The van der Waals surface area contributed by atoms with E-state index in [1.165, 1.54) is 16.3 Å². The van der Waals surface area contributed by atoms with Gasteiger partial charge in [-0.2, -0.15) is 11.3 Å². The standard InChI is InChI=1S/C21H22N2OS2/c24-21(16-26-20-6-5-18-3-1-2-4-19(18)13-20)23-10-8-22(9-11-23)14-17-7-12-25-15-17/h1-7,12-13,15H,8-11,14,16H2. The SMILES string of the molecule is O=C(CSc1ccc2ccccc2c1)N1CCN(Cc2ccsc2)CC1. The third-order valence-electron chi connectivity index (χ3n) is 4.79. The monoisotopic (exact) mass is 382 g/mol. The van der Waals surface area contributed by atoms with Crippen molar-refractivity contribution in [3.8, 4) is 0 Å². The molecule has 0 spiro atoms. The van der Waals surface area contributed by atoms with Gasteiger partial charge in [0.2, 0.25) is 5.91 Å². The number of hydrogen-bond donors (Lipinski definition) is 0. The van der Waals surface area contributed by atoms with Crippen molar-refractivity contribution >= 4 is 39.8 Å². The van der Waals surface area contributed by atoms with Crippen molar-refractivity contribution in [1.29, 1.82) is 0 Å². The Bertz CT molecular complexity index is 871. The number of fused-ring (bicyclic) bond motifs is 1. The number of benzene rings is 2. The predicted octanol–water partition coefficient (Wildman–Crippen LogP) is 4.34. The van der Waals surface area contributed by atoms with Crippen molar-refractivity contribution in [2.75, 3.05) is 31.9 Å². The third-order valence-corrected chi connectivity index (χ3v) is 6.51. The molecule has 3 aromatic rings. The van der Waals surface area contributed by atoms with Gasteiger partial charge in [-0.05, 0) is 45.3 Å². The third kappa shape index (κ3) is 4.29. The highest BCUT2D eigenvalue weighted by Gasteiger charge is 2.21. The summed E-state index contributed by atoms with van der Waals surface area (Å²) in [5.41, 5.74) is 1.38. The zero-order valence-electron chi connectivity index (χ0n) is 14.6. The Hall–Kier alpha value is -1.82. The highest BCUT2D eigenvalue weighted by atomic mass is 32.2. The summed E-state index contributed by atoms with van der Waals surface area (Å²) in [7, 11) is 0. The van der Waals surface area contributed by atoms with E-state index in [9.17, 15) is 4.79 Å². The van der Waals surface area contributed by atoms with Crippen LogP contribution in [-0.4, -0.2) is 47.6 Å². The minimum atomic E-state index is 0.248. The number of piperazine rings is 1. The van der Waals surface area contributed by atoms with Gasteiger partial charge in [0.25, 0.3) is 0 Å². The number of thiophene rings is 1. The molecule has 0 bridgehead atoms. The maximum absolute atomic E-state index is 12.5. The smallest absolute Gasteiger partial charge is 0.233 e. The lowest BCUT2D eigenvalue weighted by atomic mass is 10.1. The first kappa shape index (κ1) is 17.6. The van der Waals surface area contributed by atoms with Crippen LogP contribution in [0.2, 0.25) is 0 Å². The molecule has 0 saturated carbocycles. The molecule has 2 heterocycles. The van der Waals surface area contributed by atoms with Gasteiger partial charge >= 0.3 is 0 Å². The fourth-order valence-electron chi connectivity index (χ4n) is 3.29. The minimum absolute atomic E-state index is 0.248. The van der Waals surface area contributed by atoms with E-state index in [-0.39, 0.29) is 5.91 Å². The van der Waals surface area contributed by atoms with E-state index < -0.39 is 0 Å². The first-order valence-corrected chi connectivity index (χ1v) is 10.8. The summed E-state index contributed by atoms with van der Waals surface area (Å²) < 4.78 is 0. The zero-order chi connectivity index (χ0) is 17.8. The molecule has 1 aromatic heterocycles. The second kappa shape index (κ2) is 8.25. The fraction of sp³-hybridized carbons (Fsp3) is 0.286. The van der Waals surface area contributed by atoms with Gasteiger partial charge in [-0.25, -0.2) is 0 Å². The Morgan fingerprint density at radius 2 is 1.81 bits per heavy atom. The van der Waals surface area contributed by atoms with Crippen LogP contribution in [0.3, 0.4) is 0 Å². The molecule has 1 saturated heterocycles. The Morgan fingerprint density at radius 3 is 2.58 bits per heavy atom. The van der Waals surface area contributed by atoms with Gasteiger partial charge in [0.05, 0.1) is 5.75 Å². The molecule has 0 aliphatic carbocycles. The van der Waals surface area contributed by atoms with E-state index in [1.54, 1.807) is 23.1 Å². The summed E-state index contributed by atoms with van der Waals surface area (Å²) >= 11 is 3.38. The molecular formula is C21H22N2OS2. The van der Waals surface area contributed by atoms with Gasteiger partial charge in [-0.15, -0.1) is 11.8 Å². The largest absolute Gasteiger partial charge is 0.339 e. The van der Waals surface area contributed by atoms with Crippen molar-refractivity contribution in [3.63, 3.8) is 0 Å². The maximum Gasteiger partial charge on any atom is 0.233 e. The van der Waals surface area contributed by atoms with Crippen LogP contribution >= 0.6 is 23.1 Å². The van der Waals surface area contributed by atoms with Crippen molar-refractivity contribution < 1.29 is 4.79 Å². The van der Waals surface area contributed by atoms with Crippen LogP contribution in [0.5, 0.6) is 0 Å². The maximum atomic E-state index is 12.5. The van der Waals surface area contributed by atoms with E-state index >= 15 is 0 Å². The molecule has 1 fully saturated rings. The molecule has 2 aromatic carbocycles. The quantitative estimate of drug-likeness (QED) is 0.614. The lowest BCUT2D eigenvalue weighted by Crippen LogP contribution is -2.48. The number of hydrogen-bond acceptors (Lipinski definition) is 4. The molecule has 0 N–H and O–H groups in total. The zero-order valence-corrected chi connectivity index (χ0v) is 16.3. The number of carbonyl (C=O) groups is 1. The molecule has 4 rings (SSSR count). The predicted molar refractivity (Wildman–Crippen MR) is 111 cm³/mol. The molecule has 26 heavy (non-hydrogen) atoms. The lowest BCUT2D eigenvalue weighted by Gasteiger charge is -2.34. The second-order valence-corrected chi connectivity index (χ2v) is 8.41. The average Bonchev–Trinajstić information content (AvgIpc) is 3.19. The van der Waals surface area contributed by atoms with Crippen molar-refractivity contribution in [1.82, 2.24) is 9.80 Å². The molecule has 1 aliphatic heterocycles. The number of rotatable bonds is 5. The van der Waals surface area contributed by atoms with Crippen LogP contribution in [0.15, 0.2) is 64.2 Å². The number of thioether (sulfide) groups is 1. The summed E-state index contributed by atoms with van der Waals surface area (Å²) in [5, 5.41) is 6.80. The van der Waals surface area contributed by atoms with E-state index in [0.717, 1.165) is 37.6 Å². The molecule has 0 unspecified atom stereocenters. The molecule has 3 nitrogen and oxygen atoms in total. The second-order valence-electron chi connectivity index (χ2n) is 6.59. The summed E-state index contributed by atoms with van der Waals surface area (Å²) in [4.78, 5) is 18.2. The van der Waals surface area contributed by atoms with Gasteiger partial charge < -0.3 is 4.90 Å². The number of carbonyl (C=O) groups excluding carboxylic acids is 1. The van der Waals surface area contributed by atoms with Gasteiger partial charge in [0.15, 0.2) is 0 Å². The van der Waals surface area contributed by atoms with Crippen molar-refractivity contribution in [2.24, 2.45) is 0 Å². The highest BCUT2D eigenvalue weighted by Crippen LogP contribution is 2.24. The van der Waals surface area contributed by atoms with E-state index in [0.29, 0.717) is 5.75 Å². The molecule has 0 radical (unpaired) electrons. The van der Waals surface area contributed by atoms with E-state index in [2.05, 4.69) is 64.2 Å². The molecule has 5 heteroatoms. The average molecular weight is 383 g/mol. The van der Waals surface area contributed by atoms with E-state index in [1.807, 2.05) is 4.90 Å². The van der Waals surface area contributed by atoms with Crippen LogP contribution in [0.25, 0.3) is 10.8 Å². The Morgan fingerprint density at radius 1 is 1.00 bits per heavy atom. The summed E-state index contributed by atoms with van der Waals surface area (Å²) in [5.74, 6) is 0.765. The first-order valence-electron chi connectivity index (χ1n) is 8.91. The molecule has 1 aliphatic rings. The van der Waals surface area contributed by atoms with Crippen LogP contribution < -0.4 is 0 Å². The van der Waals surface area contributed by atoms with Crippen LogP contribution in [-0.2, 0) is 11.3 Å². The van der Waals surface area contributed by atoms with Gasteiger partial charge in [0, 0.05) is 37.6 Å². The molecule has 134 valence electrons. The van der Waals surface area contributed by atoms with Crippen LogP contribution in [0.1, 0.15) is 5.56 Å². The number of nitrogens with zero attached hydrogens (tertiary/aromatic N) is 2. The summed E-state index contributed by atoms with van der Waals surface area (Å²) in [6.45, 7) is 4.59. The number of amides is 1. The summed E-state index contributed by atoms with van der Waals surface area (Å²) in [6, 6.07) is 16.9.